The summed E-state index contributed by atoms with van der Waals surface area (Å²) in [4.78, 5) is 13.5. The highest BCUT2D eigenvalue weighted by Crippen LogP contribution is 2.23. The van der Waals surface area contributed by atoms with Crippen molar-refractivity contribution in [3.05, 3.63) is 78.9 Å². The predicted octanol–water partition coefficient (Wildman–Crippen LogP) is 5.12. The van der Waals surface area contributed by atoms with Gasteiger partial charge in [0.25, 0.3) is 0 Å². The molecule has 0 bridgehead atoms. The molecule has 156 valence electrons. The van der Waals surface area contributed by atoms with E-state index in [0.29, 0.717) is 17.8 Å². The van der Waals surface area contributed by atoms with Crippen LogP contribution in [0.5, 0.6) is 11.5 Å². The number of benzene rings is 3. The second kappa shape index (κ2) is 9.45. The molecule has 1 aromatic heterocycles. The monoisotopic (exact) mass is 414 g/mol. The van der Waals surface area contributed by atoms with Crippen molar-refractivity contribution in [2.75, 3.05) is 30.2 Å². The van der Waals surface area contributed by atoms with Crippen LogP contribution < -0.4 is 25.4 Å². The van der Waals surface area contributed by atoms with Crippen molar-refractivity contribution >= 4 is 34.9 Å². The van der Waals surface area contributed by atoms with Crippen molar-refractivity contribution in [3.8, 4) is 11.5 Å². The molecule has 31 heavy (non-hydrogen) atoms. The number of para-hydroxylation sites is 1. The third-order valence-corrected chi connectivity index (χ3v) is 4.36. The molecule has 4 aromatic rings. The number of ether oxygens (including phenoxy) is 2. The molecule has 4 rings (SSSR count). The number of nitrogens with zero attached hydrogens (tertiary/aromatic N) is 3. The number of rotatable bonds is 8. The maximum absolute atomic E-state index is 5.21. The fraction of sp³-hybridized carbons (Fsp3) is 0.0870. The van der Waals surface area contributed by atoms with Crippen molar-refractivity contribution in [1.29, 1.82) is 0 Å². The second-order valence-corrected chi connectivity index (χ2v) is 6.50. The molecule has 8 nitrogen and oxygen atoms in total. The van der Waals surface area contributed by atoms with Crippen LogP contribution >= 0.6 is 0 Å². The van der Waals surface area contributed by atoms with Crippen LogP contribution in [0.2, 0.25) is 0 Å². The maximum atomic E-state index is 5.21. The Balaban J connectivity index is 1.61. The summed E-state index contributed by atoms with van der Waals surface area (Å²) in [5.74, 6) is 2.75. The Hall–Kier alpha value is -4.33. The fourth-order valence-electron chi connectivity index (χ4n) is 2.80. The zero-order chi connectivity index (χ0) is 21.5. The fourth-order valence-corrected chi connectivity index (χ4v) is 2.80. The van der Waals surface area contributed by atoms with E-state index in [2.05, 4.69) is 30.9 Å². The van der Waals surface area contributed by atoms with Gasteiger partial charge < -0.3 is 25.4 Å². The molecule has 0 spiro atoms. The summed E-state index contributed by atoms with van der Waals surface area (Å²) in [7, 11) is 3.26. The first-order valence-electron chi connectivity index (χ1n) is 9.62. The molecular weight excluding hydrogens is 392 g/mol. The van der Waals surface area contributed by atoms with E-state index in [9.17, 15) is 0 Å². The summed E-state index contributed by atoms with van der Waals surface area (Å²) in [5.41, 5.74) is 2.53. The Kier molecular flexibility index (Phi) is 6.08. The Morgan fingerprint density at radius 3 is 1.19 bits per heavy atom. The Morgan fingerprint density at radius 1 is 0.484 bits per heavy atom. The van der Waals surface area contributed by atoms with Gasteiger partial charge in [-0.25, -0.2) is 0 Å². The summed E-state index contributed by atoms with van der Waals surface area (Å²) in [6.07, 6.45) is 0. The lowest BCUT2D eigenvalue weighted by Gasteiger charge is -2.12. The zero-order valence-electron chi connectivity index (χ0n) is 17.2. The van der Waals surface area contributed by atoms with Gasteiger partial charge in [0, 0.05) is 17.1 Å². The average molecular weight is 414 g/mol. The summed E-state index contributed by atoms with van der Waals surface area (Å²) >= 11 is 0. The van der Waals surface area contributed by atoms with Gasteiger partial charge >= 0.3 is 0 Å². The smallest absolute Gasteiger partial charge is 0.233 e. The molecule has 0 aliphatic carbocycles. The number of hydrogen-bond acceptors (Lipinski definition) is 8. The van der Waals surface area contributed by atoms with Gasteiger partial charge in [-0.1, -0.05) is 18.2 Å². The van der Waals surface area contributed by atoms with E-state index in [1.807, 2.05) is 78.9 Å². The first kappa shape index (κ1) is 20.0. The van der Waals surface area contributed by atoms with Crippen LogP contribution in [0.25, 0.3) is 0 Å². The van der Waals surface area contributed by atoms with Gasteiger partial charge in [0.15, 0.2) is 0 Å². The zero-order valence-corrected chi connectivity index (χ0v) is 17.2. The molecule has 8 heteroatoms. The van der Waals surface area contributed by atoms with Crippen molar-refractivity contribution in [2.24, 2.45) is 0 Å². The van der Waals surface area contributed by atoms with E-state index in [1.54, 1.807) is 14.2 Å². The van der Waals surface area contributed by atoms with Gasteiger partial charge in [0.05, 0.1) is 14.2 Å². The first-order chi connectivity index (χ1) is 15.2. The summed E-state index contributed by atoms with van der Waals surface area (Å²) in [6.45, 7) is 0. The normalized spacial score (nSPS) is 10.3. The molecule has 0 unspecified atom stereocenters. The summed E-state index contributed by atoms with van der Waals surface area (Å²) < 4.78 is 10.4. The topological polar surface area (TPSA) is 93.2 Å². The quantitative estimate of drug-likeness (QED) is 0.366. The van der Waals surface area contributed by atoms with E-state index >= 15 is 0 Å². The molecule has 1 heterocycles. The number of methoxy groups -OCH3 is 2. The van der Waals surface area contributed by atoms with Crippen LogP contribution in [-0.2, 0) is 0 Å². The lowest BCUT2D eigenvalue weighted by atomic mass is 10.3. The van der Waals surface area contributed by atoms with Crippen LogP contribution in [-0.4, -0.2) is 29.2 Å². The molecule has 0 radical (unpaired) electrons. The average Bonchev–Trinajstić information content (AvgIpc) is 2.81. The van der Waals surface area contributed by atoms with Crippen LogP contribution in [0.15, 0.2) is 78.9 Å². The number of hydrogen-bond donors (Lipinski definition) is 3. The number of nitrogens with one attached hydrogen (secondary N) is 3. The second-order valence-electron chi connectivity index (χ2n) is 6.50. The van der Waals surface area contributed by atoms with Crippen molar-refractivity contribution in [2.45, 2.75) is 0 Å². The highest BCUT2D eigenvalue weighted by Gasteiger charge is 2.09. The minimum Gasteiger partial charge on any atom is -0.497 e. The highest BCUT2D eigenvalue weighted by atomic mass is 16.5. The minimum absolute atomic E-state index is 0.398. The largest absolute Gasteiger partial charge is 0.497 e. The van der Waals surface area contributed by atoms with Crippen LogP contribution in [0.3, 0.4) is 0 Å². The molecule has 0 aliphatic rings. The van der Waals surface area contributed by atoms with Gasteiger partial charge in [0.2, 0.25) is 17.8 Å². The maximum Gasteiger partial charge on any atom is 0.233 e. The number of aromatic nitrogens is 3. The van der Waals surface area contributed by atoms with Crippen LogP contribution in [0.1, 0.15) is 0 Å². The van der Waals surface area contributed by atoms with E-state index in [4.69, 9.17) is 9.47 Å². The van der Waals surface area contributed by atoms with E-state index < -0.39 is 0 Å². The molecule has 0 amide bonds. The third-order valence-electron chi connectivity index (χ3n) is 4.36. The lowest BCUT2D eigenvalue weighted by Crippen LogP contribution is -2.07. The molecule has 0 fully saturated rings. The van der Waals surface area contributed by atoms with E-state index in [-0.39, 0.29) is 0 Å². The summed E-state index contributed by atoms with van der Waals surface area (Å²) in [6, 6.07) is 24.7. The molecule has 0 saturated carbocycles. The molecule has 0 atom stereocenters. The van der Waals surface area contributed by atoms with E-state index in [0.717, 1.165) is 28.6 Å². The molecule has 3 aromatic carbocycles. The predicted molar refractivity (Wildman–Crippen MR) is 122 cm³/mol. The first-order valence-corrected chi connectivity index (χ1v) is 9.62. The van der Waals surface area contributed by atoms with Crippen molar-refractivity contribution in [3.63, 3.8) is 0 Å². The minimum atomic E-state index is 0.398. The van der Waals surface area contributed by atoms with Gasteiger partial charge in [-0.15, -0.1) is 0 Å². The molecule has 0 aliphatic heterocycles. The standard InChI is InChI=1S/C23H22N6O2/c1-30-19-12-8-17(9-13-19)25-22-27-21(24-16-6-4-3-5-7-16)28-23(29-22)26-18-10-14-20(31-2)15-11-18/h3-15H,1-2H3,(H3,24,25,26,27,28,29). The number of anilines is 6. The Labute approximate surface area is 180 Å². The van der Waals surface area contributed by atoms with Crippen LogP contribution in [0.4, 0.5) is 34.9 Å². The Morgan fingerprint density at radius 2 is 0.839 bits per heavy atom. The van der Waals surface area contributed by atoms with E-state index in [1.165, 1.54) is 0 Å². The molecule has 3 N–H and O–H groups in total. The van der Waals surface area contributed by atoms with Crippen molar-refractivity contribution < 1.29 is 9.47 Å². The van der Waals surface area contributed by atoms with Crippen molar-refractivity contribution in [1.82, 2.24) is 15.0 Å². The van der Waals surface area contributed by atoms with Gasteiger partial charge in [-0.3, -0.25) is 0 Å². The lowest BCUT2D eigenvalue weighted by molar-refractivity contribution is 0.415. The summed E-state index contributed by atoms with van der Waals surface area (Å²) in [5, 5.41) is 9.63. The van der Waals surface area contributed by atoms with Gasteiger partial charge in [-0.2, -0.15) is 15.0 Å². The molecule has 0 saturated heterocycles. The van der Waals surface area contributed by atoms with Gasteiger partial charge in [0.1, 0.15) is 11.5 Å². The molecular formula is C23H22N6O2. The van der Waals surface area contributed by atoms with Crippen LogP contribution in [0, 0.1) is 0 Å². The Bertz CT molecular complexity index is 1050. The van der Waals surface area contributed by atoms with Gasteiger partial charge in [-0.05, 0) is 60.7 Å². The highest BCUT2D eigenvalue weighted by molar-refractivity contribution is 5.62. The SMILES string of the molecule is COc1ccc(Nc2nc(Nc3ccccc3)nc(Nc3ccc(OC)cc3)n2)cc1. The third kappa shape index (κ3) is 5.39.